The summed E-state index contributed by atoms with van der Waals surface area (Å²) in [7, 11) is 0. The Bertz CT molecular complexity index is 735. The fourth-order valence-electron chi connectivity index (χ4n) is 2.89. The third-order valence-electron chi connectivity index (χ3n) is 4.24. The number of aromatic nitrogens is 1. The smallest absolute Gasteiger partial charge is 0.162 e. The number of benzene rings is 1. The highest BCUT2D eigenvalue weighted by Crippen LogP contribution is 2.37. The molecule has 0 saturated carbocycles. The van der Waals surface area contributed by atoms with E-state index in [0.29, 0.717) is 30.3 Å². The van der Waals surface area contributed by atoms with Gasteiger partial charge in [-0.3, -0.25) is 0 Å². The van der Waals surface area contributed by atoms with Gasteiger partial charge in [-0.2, -0.15) is 9.64 Å². The van der Waals surface area contributed by atoms with Crippen molar-refractivity contribution in [1.29, 1.82) is 5.26 Å². The Balaban J connectivity index is 1.87. The maximum Gasteiger partial charge on any atom is 0.162 e. The zero-order valence-electron chi connectivity index (χ0n) is 12.3. The highest BCUT2D eigenvalue weighted by atomic mass is 35.5. The van der Waals surface area contributed by atoms with E-state index in [9.17, 15) is 5.26 Å². The van der Waals surface area contributed by atoms with Crippen molar-refractivity contribution in [2.75, 3.05) is 25.1 Å². The van der Waals surface area contributed by atoms with Crippen molar-refractivity contribution in [1.82, 2.24) is 4.37 Å². The molecule has 0 unspecified atom stereocenters. The molecule has 1 aromatic carbocycles. The van der Waals surface area contributed by atoms with Gasteiger partial charge >= 0.3 is 0 Å². The lowest BCUT2D eigenvalue weighted by Gasteiger charge is -2.38. The fourth-order valence-corrected chi connectivity index (χ4v) is 4.01. The summed E-state index contributed by atoms with van der Waals surface area (Å²) in [6.07, 6.45) is 1.80. The van der Waals surface area contributed by atoms with E-state index in [4.69, 9.17) is 27.9 Å². The molecule has 1 aliphatic rings. The summed E-state index contributed by atoms with van der Waals surface area (Å²) < 4.78 is 9.57. The number of ether oxygens (including phenoxy) is 1. The van der Waals surface area contributed by atoms with Crippen LogP contribution >= 0.6 is 34.7 Å². The van der Waals surface area contributed by atoms with Crippen LogP contribution in [-0.4, -0.2) is 24.1 Å². The molecule has 0 atom stereocenters. The standard InChI is InChI=1S/C16H15Cl2N3OS/c17-12-3-1-2-11(8-12)16(4-6-22-7-5-16)10-20-15-13(9-19)14(18)21-23-15/h1-3,8,20H,4-7,10H2. The van der Waals surface area contributed by atoms with Crippen LogP contribution in [0.1, 0.15) is 24.0 Å². The van der Waals surface area contributed by atoms with Gasteiger partial charge in [0.25, 0.3) is 0 Å². The van der Waals surface area contributed by atoms with Crippen LogP contribution in [0.2, 0.25) is 10.2 Å². The molecule has 2 heterocycles. The first-order valence-corrected chi connectivity index (χ1v) is 8.80. The average molecular weight is 368 g/mol. The molecular formula is C16H15Cl2N3OS. The lowest BCUT2D eigenvalue weighted by molar-refractivity contribution is 0.0544. The van der Waals surface area contributed by atoms with Gasteiger partial charge in [-0.1, -0.05) is 35.3 Å². The van der Waals surface area contributed by atoms with Crippen molar-refractivity contribution in [3.05, 3.63) is 45.6 Å². The van der Waals surface area contributed by atoms with E-state index in [1.165, 1.54) is 17.1 Å². The topological polar surface area (TPSA) is 57.9 Å². The number of rotatable bonds is 4. The molecule has 23 heavy (non-hydrogen) atoms. The number of hydrogen-bond acceptors (Lipinski definition) is 5. The molecular weight excluding hydrogens is 353 g/mol. The van der Waals surface area contributed by atoms with Gasteiger partial charge in [0.05, 0.1) is 0 Å². The lowest BCUT2D eigenvalue weighted by Crippen LogP contribution is -2.40. The first-order chi connectivity index (χ1) is 11.1. The normalized spacial score (nSPS) is 16.7. The van der Waals surface area contributed by atoms with Gasteiger partial charge in [-0.15, -0.1) is 0 Å². The summed E-state index contributed by atoms with van der Waals surface area (Å²) in [6, 6.07) is 10.1. The monoisotopic (exact) mass is 367 g/mol. The molecule has 0 aliphatic carbocycles. The Hall–Kier alpha value is -1.32. The average Bonchev–Trinajstić information content (AvgIpc) is 2.94. The molecule has 0 amide bonds. The highest BCUT2D eigenvalue weighted by molar-refractivity contribution is 7.10. The van der Waals surface area contributed by atoms with E-state index in [1.54, 1.807) is 0 Å². The Labute approximate surface area is 149 Å². The first-order valence-electron chi connectivity index (χ1n) is 7.27. The second-order valence-corrected chi connectivity index (χ2v) is 7.11. The van der Waals surface area contributed by atoms with Gasteiger partial charge in [0.1, 0.15) is 16.6 Å². The van der Waals surface area contributed by atoms with Crippen molar-refractivity contribution in [3.8, 4) is 6.07 Å². The van der Waals surface area contributed by atoms with Crippen molar-refractivity contribution in [2.45, 2.75) is 18.3 Å². The quantitative estimate of drug-likeness (QED) is 0.864. The molecule has 1 saturated heterocycles. The molecule has 0 radical (unpaired) electrons. The van der Waals surface area contributed by atoms with Crippen LogP contribution in [0, 0.1) is 11.3 Å². The third-order valence-corrected chi connectivity index (χ3v) is 5.65. The minimum atomic E-state index is -0.0770. The van der Waals surface area contributed by atoms with Crippen molar-refractivity contribution in [2.24, 2.45) is 0 Å². The zero-order valence-corrected chi connectivity index (χ0v) is 14.6. The number of halogens is 2. The molecule has 0 bridgehead atoms. The first kappa shape index (κ1) is 16.5. The molecule has 0 spiro atoms. The van der Waals surface area contributed by atoms with Crippen LogP contribution in [0.15, 0.2) is 24.3 Å². The van der Waals surface area contributed by atoms with Crippen molar-refractivity contribution in [3.63, 3.8) is 0 Å². The number of nitrogens with zero attached hydrogens (tertiary/aromatic N) is 2. The van der Waals surface area contributed by atoms with Crippen LogP contribution in [-0.2, 0) is 10.2 Å². The zero-order chi connectivity index (χ0) is 16.3. The van der Waals surface area contributed by atoms with Crippen LogP contribution in [0.4, 0.5) is 5.00 Å². The van der Waals surface area contributed by atoms with Crippen molar-refractivity contribution < 1.29 is 4.74 Å². The van der Waals surface area contributed by atoms with Crippen LogP contribution in [0.25, 0.3) is 0 Å². The van der Waals surface area contributed by atoms with Gasteiger partial charge in [-0.05, 0) is 42.1 Å². The van der Waals surface area contributed by atoms with E-state index < -0.39 is 0 Å². The molecule has 3 rings (SSSR count). The molecule has 7 heteroatoms. The summed E-state index contributed by atoms with van der Waals surface area (Å²) in [6.45, 7) is 2.11. The number of anilines is 1. The minimum Gasteiger partial charge on any atom is -0.381 e. The van der Waals surface area contributed by atoms with Gasteiger partial charge in [0, 0.05) is 30.2 Å². The Morgan fingerprint density at radius 1 is 1.35 bits per heavy atom. The lowest BCUT2D eigenvalue weighted by atomic mass is 9.74. The molecule has 1 aromatic heterocycles. The number of hydrogen-bond donors (Lipinski definition) is 1. The molecule has 4 nitrogen and oxygen atoms in total. The Morgan fingerprint density at radius 3 is 2.83 bits per heavy atom. The predicted molar refractivity (Wildman–Crippen MR) is 93.5 cm³/mol. The fraction of sp³-hybridized carbons (Fsp3) is 0.375. The van der Waals surface area contributed by atoms with E-state index in [0.717, 1.165) is 17.9 Å². The van der Waals surface area contributed by atoms with Gasteiger partial charge in [0.2, 0.25) is 0 Å². The van der Waals surface area contributed by atoms with E-state index in [1.807, 2.05) is 18.2 Å². The van der Waals surface area contributed by atoms with Crippen molar-refractivity contribution >= 4 is 39.7 Å². The van der Waals surface area contributed by atoms with E-state index in [-0.39, 0.29) is 10.6 Å². The van der Waals surface area contributed by atoms with Crippen LogP contribution < -0.4 is 5.32 Å². The maximum atomic E-state index is 9.20. The summed E-state index contributed by atoms with van der Waals surface area (Å²) in [5, 5.41) is 14.3. The molecule has 1 fully saturated rings. The Kier molecular flexibility index (Phi) is 5.08. The molecule has 1 aliphatic heterocycles. The van der Waals surface area contributed by atoms with Gasteiger partial charge < -0.3 is 10.1 Å². The second-order valence-electron chi connectivity index (χ2n) is 5.55. The largest absolute Gasteiger partial charge is 0.381 e. The number of nitrogens with one attached hydrogen (secondary N) is 1. The highest BCUT2D eigenvalue weighted by Gasteiger charge is 2.35. The summed E-state index contributed by atoms with van der Waals surface area (Å²) in [5.41, 5.74) is 1.52. The second kappa shape index (κ2) is 7.06. The molecule has 120 valence electrons. The summed E-state index contributed by atoms with van der Waals surface area (Å²) in [4.78, 5) is 0. The summed E-state index contributed by atoms with van der Waals surface area (Å²) >= 11 is 13.3. The van der Waals surface area contributed by atoms with Gasteiger partial charge in [-0.25, -0.2) is 0 Å². The Morgan fingerprint density at radius 2 is 2.13 bits per heavy atom. The maximum absolute atomic E-state index is 9.20. The van der Waals surface area contributed by atoms with E-state index >= 15 is 0 Å². The van der Waals surface area contributed by atoms with Gasteiger partial charge in [0.15, 0.2) is 5.15 Å². The molecule has 2 aromatic rings. The van der Waals surface area contributed by atoms with Crippen LogP contribution in [0.5, 0.6) is 0 Å². The van der Waals surface area contributed by atoms with Crippen LogP contribution in [0.3, 0.4) is 0 Å². The minimum absolute atomic E-state index is 0.0770. The SMILES string of the molecule is N#Cc1c(Cl)nsc1NCC1(c2cccc(Cl)c2)CCOCC1. The molecule has 1 N–H and O–H groups in total. The van der Waals surface area contributed by atoms with E-state index in [2.05, 4.69) is 21.8 Å². The predicted octanol–water partition coefficient (Wildman–Crippen LogP) is 4.48. The summed E-state index contributed by atoms with van der Waals surface area (Å²) in [5.74, 6) is 0. The number of nitriles is 1. The third kappa shape index (κ3) is 3.46.